The maximum absolute atomic E-state index is 12.9. The molecular formula is C23H28N6O2. The van der Waals surface area contributed by atoms with Crippen molar-refractivity contribution in [3.05, 3.63) is 54.1 Å². The van der Waals surface area contributed by atoms with Crippen molar-refractivity contribution in [3.8, 4) is 11.6 Å². The summed E-state index contributed by atoms with van der Waals surface area (Å²) in [5.74, 6) is 2.27. The quantitative estimate of drug-likeness (QED) is 0.657. The van der Waals surface area contributed by atoms with Crippen molar-refractivity contribution in [1.29, 1.82) is 0 Å². The summed E-state index contributed by atoms with van der Waals surface area (Å²) >= 11 is 0. The molecule has 0 saturated carbocycles. The predicted molar refractivity (Wildman–Crippen MR) is 120 cm³/mol. The van der Waals surface area contributed by atoms with Gasteiger partial charge >= 0.3 is 0 Å². The average molecular weight is 421 g/mol. The van der Waals surface area contributed by atoms with E-state index in [9.17, 15) is 4.79 Å². The summed E-state index contributed by atoms with van der Waals surface area (Å²) in [5.41, 5.74) is 2.74. The molecule has 4 rings (SSSR count). The number of carbonyl (C=O) groups excluding carboxylic acids is 1. The second-order valence-electron chi connectivity index (χ2n) is 7.81. The molecule has 3 aromatic rings. The van der Waals surface area contributed by atoms with Gasteiger partial charge in [0.2, 0.25) is 5.91 Å². The molecule has 0 radical (unpaired) electrons. The summed E-state index contributed by atoms with van der Waals surface area (Å²) in [6.07, 6.45) is 3.35. The van der Waals surface area contributed by atoms with Crippen molar-refractivity contribution < 1.29 is 9.53 Å². The van der Waals surface area contributed by atoms with E-state index in [0.29, 0.717) is 13.2 Å². The minimum Gasteiger partial charge on any atom is -0.494 e. The maximum atomic E-state index is 12.9. The van der Waals surface area contributed by atoms with Crippen LogP contribution in [0.25, 0.3) is 5.82 Å². The van der Waals surface area contributed by atoms with Crippen LogP contribution < -0.4 is 15.0 Å². The molecule has 1 unspecified atom stereocenters. The molecule has 1 N–H and O–H groups in total. The molecular weight excluding hydrogens is 392 g/mol. The van der Waals surface area contributed by atoms with Gasteiger partial charge in [-0.3, -0.25) is 4.79 Å². The van der Waals surface area contributed by atoms with E-state index in [0.717, 1.165) is 53.8 Å². The van der Waals surface area contributed by atoms with Gasteiger partial charge in [-0.15, -0.1) is 0 Å². The molecule has 1 aliphatic rings. The average Bonchev–Trinajstić information content (AvgIpc) is 3.13. The van der Waals surface area contributed by atoms with Crippen LogP contribution in [-0.4, -0.2) is 45.4 Å². The van der Waals surface area contributed by atoms with E-state index >= 15 is 0 Å². The van der Waals surface area contributed by atoms with Gasteiger partial charge in [0, 0.05) is 30.5 Å². The third kappa shape index (κ3) is 4.84. The van der Waals surface area contributed by atoms with Crippen LogP contribution in [-0.2, 0) is 4.79 Å². The first-order chi connectivity index (χ1) is 15.0. The van der Waals surface area contributed by atoms with Gasteiger partial charge in [-0.25, -0.2) is 14.6 Å². The first-order valence-electron chi connectivity index (χ1n) is 10.7. The highest BCUT2D eigenvalue weighted by molar-refractivity contribution is 5.93. The molecule has 1 saturated heterocycles. The molecule has 162 valence electrons. The normalized spacial score (nSPS) is 16.2. The van der Waals surface area contributed by atoms with Crippen molar-refractivity contribution >= 4 is 17.4 Å². The van der Waals surface area contributed by atoms with E-state index in [-0.39, 0.29) is 11.8 Å². The summed E-state index contributed by atoms with van der Waals surface area (Å²) in [5, 5.41) is 7.54. The second-order valence-corrected chi connectivity index (χ2v) is 7.81. The molecule has 2 aromatic heterocycles. The van der Waals surface area contributed by atoms with Crippen LogP contribution in [0.1, 0.15) is 31.2 Å². The van der Waals surface area contributed by atoms with Crippen LogP contribution in [0, 0.1) is 19.8 Å². The molecule has 0 spiro atoms. The number of nitrogens with zero attached hydrogens (tertiary/aromatic N) is 5. The van der Waals surface area contributed by atoms with E-state index in [1.54, 1.807) is 6.33 Å². The minimum atomic E-state index is -0.104. The highest BCUT2D eigenvalue weighted by atomic mass is 16.5. The van der Waals surface area contributed by atoms with E-state index in [2.05, 4.69) is 25.3 Å². The molecule has 1 aromatic carbocycles. The summed E-state index contributed by atoms with van der Waals surface area (Å²) in [6, 6.07) is 11.4. The van der Waals surface area contributed by atoms with Crippen LogP contribution in [0.5, 0.6) is 5.75 Å². The fourth-order valence-corrected chi connectivity index (χ4v) is 3.93. The monoisotopic (exact) mass is 420 g/mol. The lowest BCUT2D eigenvalue weighted by molar-refractivity contribution is -0.120. The Morgan fingerprint density at radius 2 is 1.94 bits per heavy atom. The first-order valence-corrected chi connectivity index (χ1v) is 10.7. The van der Waals surface area contributed by atoms with E-state index in [1.165, 1.54) is 0 Å². The molecule has 0 aliphatic carbocycles. The summed E-state index contributed by atoms with van der Waals surface area (Å²) in [6.45, 7) is 8.01. The fraction of sp³-hybridized carbons (Fsp3) is 0.391. The van der Waals surface area contributed by atoms with Crippen LogP contribution in [0.2, 0.25) is 0 Å². The largest absolute Gasteiger partial charge is 0.494 e. The molecule has 1 atom stereocenters. The predicted octanol–water partition coefficient (Wildman–Crippen LogP) is 3.53. The number of rotatable bonds is 6. The standard InChI is InChI=1S/C23H28N6O2/c1-4-31-20-9-7-19(8-10-20)26-23(30)18-6-5-11-28(14-18)21-13-22(25-15-24-21)29-17(3)12-16(2)27-29/h7-10,12-13,15,18H,4-6,11,14H2,1-3H3,(H,26,30). The zero-order valence-electron chi connectivity index (χ0n) is 18.2. The Kier molecular flexibility index (Phi) is 6.16. The van der Waals surface area contributed by atoms with Crippen molar-refractivity contribution in [3.63, 3.8) is 0 Å². The van der Waals surface area contributed by atoms with Crippen molar-refractivity contribution in [2.45, 2.75) is 33.6 Å². The number of hydrogen-bond acceptors (Lipinski definition) is 6. The van der Waals surface area contributed by atoms with Gasteiger partial charge in [0.1, 0.15) is 17.9 Å². The number of hydrogen-bond donors (Lipinski definition) is 1. The Bertz CT molecular complexity index is 1050. The number of ether oxygens (including phenoxy) is 1. The number of piperidine rings is 1. The Labute approximate surface area is 182 Å². The van der Waals surface area contributed by atoms with Crippen LogP contribution >= 0.6 is 0 Å². The van der Waals surface area contributed by atoms with Gasteiger partial charge in [0.05, 0.1) is 18.2 Å². The van der Waals surface area contributed by atoms with Gasteiger partial charge in [0.25, 0.3) is 0 Å². The lowest BCUT2D eigenvalue weighted by Crippen LogP contribution is -2.41. The molecule has 1 fully saturated rings. The van der Waals surface area contributed by atoms with Gasteiger partial charge in [-0.05, 0) is 63.9 Å². The Hall–Kier alpha value is -3.42. The fourth-order valence-electron chi connectivity index (χ4n) is 3.93. The van der Waals surface area contributed by atoms with Crippen LogP contribution in [0.4, 0.5) is 11.5 Å². The molecule has 31 heavy (non-hydrogen) atoms. The lowest BCUT2D eigenvalue weighted by atomic mass is 9.97. The molecule has 0 bridgehead atoms. The number of aryl methyl sites for hydroxylation is 2. The number of carbonyl (C=O) groups is 1. The van der Waals surface area contributed by atoms with E-state index < -0.39 is 0 Å². The number of anilines is 2. The Balaban J connectivity index is 1.44. The van der Waals surface area contributed by atoms with Crippen molar-refractivity contribution in [2.75, 3.05) is 29.9 Å². The van der Waals surface area contributed by atoms with Crippen LogP contribution in [0.3, 0.4) is 0 Å². The van der Waals surface area contributed by atoms with Crippen molar-refractivity contribution in [2.24, 2.45) is 5.92 Å². The van der Waals surface area contributed by atoms with Gasteiger partial charge in [0.15, 0.2) is 5.82 Å². The topological polar surface area (TPSA) is 85.2 Å². The zero-order chi connectivity index (χ0) is 21.8. The number of nitrogens with one attached hydrogen (secondary N) is 1. The smallest absolute Gasteiger partial charge is 0.229 e. The minimum absolute atomic E-state index is 0.0293. The molecule has 3 heterocycles. The number of benzene rings is 1. The van der Waals surface area contributed by atoms with Gasteiger partial charge in [-0.2, -0.15) is 5.10 Å². The Morgan fingerprint density at radius 1 is 1.16 bits per heavy atom. The van der Waals surface area contributed by atoms with Crippen LogP contribution in [0.15, 0.2) is 42.7 Å². The van der Waals surface area contributed by atoms with Crippen molar-refractivity contribution in [1.82, 2.24) is 19.7 Å². The highest BCUT2D eigenvalue weighted by Gasteiger charge is 2.27. The van der Waals surface area contributed by atoms with Gasteiger partial charge < -0.3 is 15.0 Å². The SMILES string of the molecule is CCOc1ccc(NC(=O)C2CCCN(c3cc(-n4nc(C)cc4C)ncn3)C2)cc1. The summed E-state index contributed by atoms with van der Waals surface area (Å²) in [7, 11) is 0. The van der Waals surface area contributed by atoms with E-state index in [4.69, 9.17) is 4.74 Å². The number of aromatic nitrogens is 4. The lowest BCUT2D eigenvalue weighted by Gasteiger charge is -2.33. The molecule has 8 heteroatoms. The summed E-state index contributed by atoms with van der Waals surface area (Å²) in [4.78, 5) is 23.9. The first kappa shape index (κ1) is 20.8. The molecule has 8 nitrogen and oxygen atoms in total. The molecule has 1 aliphatic heterocycles. The number of amides is 1. The van der Waals surface area contributed by atoms with Gasteiger partial charge in [-0.1, -0.05) is 0 Å². The third-order valence-corrected chi connectivity index (χ3v) is 5.41. The maximum Gasteiger partial charge on any atom is 0.229 e. The molecule has 1 amide bonds. The Morgan fingerprint density at radius 3 is 2.65 bits per heavy atom. The summed E-state index contributed by atoms with van der Waals surface area (Å²) < 4.78 is 7.28. The zero-order valence-corrected chi connectivity index (χ0v) is 18.2. The second kappa shape index (κ2) is 9.16. The van der Waals surface area contributed by atoms with E-state index in [1.807, 2.05) is 61.9 Å². The highest BCUT2D eigenvalue weighted by Crippen LogP contribution is 2.24. The third-order valence-electron chi connectivity index (χ3n) is 5.41.